The summed E-state index contributed by atoms with van der Waals surface area (Å²) in [6, 6.07) is 0. The van der Waals surface area contributed by atoms with E-state index in [9.17, 15) is 8.42 Å². The summed E-state index contributed by atoms with van der Waals surface area (Å²) in [7, 11) is -2.02. The van der Waals surface area contributed by atoms with Crippen molar-refractivity contribution in [1.29, 1.82) is 0 Å². The molecule has 5 rings (SSSR count). The number of aromatic nitrogens is 2. The second kappa shape index (κ2) is 5.10. The number of hydrogen-bond acceptors (Lipinski definition) is 3. The van der Waals surface area contributed by atoms with Gasteiger partial charge in [-0.25, -0.2) is 18.1 Å². The van der Waals surface area contributed by atoms with Gasteiger partial charge in [0.2, 0.25) is 5.03 Å². The maximum Gasteiger partial charge on any atom is 0.261 e. The van der Waals surface area contributed by atoms with E-state index in [0.717, 1.165) is 32.1 Å². The third kappa shape index (κ3) is 2.71. The fourth-order valence-electron chi connectivity index (χ4n) is 5.43. The molecule has 23 heavy (non-hydrogen) atoms. The minimum atomic E-state index is -3.69. The van der Waals surface area contributed by atoms with Crippen molar-refractivity contribution < 1.29 is 8.42 Å². The second-order valence-electron chi connectivity index (χ2n) is 7.89. The first-order valence-corrected chi connectivity index (χ1v) is 10.3. The molecule has 4 saturated carbocycles. The minimum Gasteiger partial charge on any atom is -0.324 e. The van der Waals surface area contributed by atoms with Crippen molar-refractivity contribution in [2.75, 3.05) is 6.54 Å². The fourth-order valence-corrected chi connectivity index (χ4v) is 7.73. The topological polar surface area (TPSA) is 64.0 Å². The number of imidazole rings is 1. The van der Waals surface area contributed by atoms with Crippen molar-refractivity contribution in [2.24, 2.45) is 24.3 Å². The summed E-state index contributed by atoms with van der Waals surface area (Å²) in [6.45, 7) is 0.434. The molecule has 2 atom stereocenters. The van der Waals surface area contributed by atoms with Crippen LogP contribution in [0.1, 0.15) is 38.5 Å². The Bertz CT molecular complexity index is 732. The van der Waals surface area contributed by atoms with E-state index in [2.05, 4.69) is 9.71 Å². The molecule has 0 spiro atoms. The van der Waals surface area contributed by atoms with Crippen LogP contribution in [0.25, 0.3) is 0 Å². The summed E-state index contributed by atoms with van der Waals surface area (Å²) in [6.07, 6.45) is 7.92. The van der Waals surface area contributed by atoms with Gasteiger partial charge in [-0.05, 0) is 55.8 Å². The molecule has 1 aromatic rings. The summed E-state index contributed by atoms with van der Waals surface area (Å²) in [5.41, 5.74) is 0.000159. The van der Waals surface area contributed by atoms with E-state index in [1.165, 1.54) is 17.3 Å². The zero-order valence-electron chi connectivity index (χ0n) is 13.1. The molecule has 0 amide bonds. The molecule has 0 radical (unpaired) electrons. The summed E-state index contributed by atoms with van der Waals surface area (Å²) in [5.74, 6) is 1.30. The smallest absolute Gasteiger partial charge is 0.261 e. The zero-order valence-corrected chi connectivity index (χ0v) is 15.4. The van der Waals surface area contributed by atoms with Gasteiger partial charge in [-0.3, -0.25) is 0 Å². The predicted octanol–water partition coefficient (Wildman–Crippen LogP) is 2.93. The number of nitrogens with one attached hydrogen (secondary N) is 1. The van der Waals surface area contributed by atoms with Gasteiger partial charge in [-0.1, -0.05) is 11.6 Å². The van der Waals surface area contributed by atoms with Crippen LogP contribution in [-0.2, 0) is 17.1 Å². The van der Waals surface area contributed by atoms with Gasteiger partial charge in [0.15, 0.2) is 0 Å². The third-order valence-electron chi connectivity index (χ3n) is 5.84. The Labute approximate surface area is 146 Å². The van der Waals surface area contributed by atoms with Crippen molar-refractivity contribution in [3.05, 3.63) is 11.5 Å². The summed E-state index contributed by atoms with van der Waals surface area (Å²) in [4.78, 5) is 3.81. The molecule has 0 saturated heterocycles. The molecule has 4 bridgehead atoms. The summed E-state index contributed by atoms with van der Waals surface area (Å²) < 4.78 is 29.3. The fraction of sp³-hybridized carbons (Fsp3) is 0.800. The lowest BCUT2D eigenvalue weighted by atomic mass is 9.49. The van der Waals surface area contributed by atoms with Crippen LogP contribution in [-0.4, -0.2) is 29.4 Å². The number of nitrogens with zero attached hydrogens (tertiary/aromatic N) is 2. The molecule has 4 aliphatic rings. The quantitative estimate of drug-likeness (QED) is 0.820. The Morgan fingerprint density at radius 2 is 2.00 bits per heavy atom. The van der Waals surface area contributed by atoms with Crippen LogP contribution < -0.4 is 4.72 Å². The number of rotatable bonds is 4. The Hall–Kier alpha value is -0.300. The first-order chi connectivity index (χ1) is 10.7. The predicted molar refractivity (Wildman–Crippen MR) is 89.1 cm³/mol. The average Bonchev–Trinajstić information content (AvgIpc) is 2.75. The molecule has 4 aliphatic carbocycles. The molecule has 5 nitrogen and oxygen atoms in total. The van der Waals surface area contributed by atoms with Gasteiger partial charge in [0, 0.05) is 18.5 Å². The normalized spacial score (nSPS) is 39.1. The minimum absolute atomic E-state index is 0.000159. The van der Waals surface area contributed by atoms with Crippen LogP contribution in [0.5, 0.6) is 0 Å². The third-order valence-corrected chi connectivity index (χ3v) is 8.17. The lowest BCUT2D eigenvalue weighted by Gasteiger charge is -2.60. The Morgan fingerprint density at radius 3 is 2.52 bits per heavy atom. The molecule has 0 aliphatic heterocycles. The van der Waals surface area contributed by atoms with Gasteiger partial charge < -0.3 is 4.57 Å². The first kappa shape index (κ1) is 16.2. The van der Waals surface area contributed by atoms with Crippen LogP contribution in [0.4, 0.5) is 0 Å². The van der Waals surface area contributed by atoms with Crippen molar-refractivity contribution in [1.82, 2.24) is 14.3 Å². The highest BCUT2D eigenvalue weighted by molar-refractivity contribution is 7.89. The van der Waals surface area contributed by atoms with Crippen molar-refractivity contribution in [3.63, 3.8) is 0 Å². The first-order valence-electron chi connectivity index (χ1n) is 8.06. The van der Waals surface area contributed by atoms with Gasteiger partial charge >= 0.3 is 0 Å². The van der Waals surface area contributed by atoms with E-state index < -0.39 is 10.0 Å². The monoisotopic (exact) mass is 377 g/mol. The number of halogens is 2. The highest BCUT2D eigenvalue weighted by Gasteiger charge is 2.57. The zero-order chi connectivity index (χ0) is 16.5. The Balaban J connectivity index is 1.54. The molecule has 0 unspecified atom stereocenters. The van der Waals surface area contributed by atoms with Crippen molar-refractivity contribution in [2.45, 2.75) is 48.4 Å². The van der Waals surface area contributed by atoms with Crippen molar-refractivity contribution in [3.8, 4) is 0 Å². The van der Waals surface area contributed by atoms with E-state index >= 15 is 0 Å². The summed E-state index contributed by atoms with van der Waals surface area (Å²) >= 11 is 12.8. The van der Waals surface area contributed by atoms with Gasteiger partial charge in [-0.15, -0.1) is 11.6 Å². The lowest BCUT2D eigenvalue weighted by Crippen LogP contribution is -2.56. The molecule has 0 aromatic carbocycles. The van der Waals surface area contributed by atoms with Gasteiger partial charge in [0.05, 0.1) is 6.33 Å². The highest BCUT2D eigenvalue weighted by atomic mass is 35.5. The standard InChI is InChI=1S/C15H21Cl2N3O2S/c1-20-9-18-13(12(20)16)23(21,22)19-8-14-3-10-2-11(4-14)6-15(17,5-10)7-14/h9-11,19H,2-8H2,1H3/t10-,11-,14?,15?/m1/s1. The lowest BCUT2D eigenvalue weighted by molar-refractivity contribution is -0.0360. The van der Waals surface area contributed by atoms with Gasteiger partial charge in [0.1, 0.15) is 5.15 Å². The molecule has 128 valence electrons. The molecular formula is C15H21Cl2N3O2S. The van der Waals surface area contributed by atoms with Gasteiger partial charge in [0.25, 0.3) is 10.0 Å². The second-order valence-corrected chi connectivity index (χ2v) is 10.7. The van der Waals surface area contributed by atoms with E-state index in [1.807, 2.05) is 0 Å². The largest absolute Gasteiger partial charge is 0.324 e. The molecular weight excluding hydrogens is 357 g/mol. The highest BCUT2D eigenvalue weighted by Crippen LogP contribution is 2.63. The van der Waals surface area contributed by atoms with Crippen LogP contribution in [0.2, 0.25) is 5.15 Å². The van der Waals surface area contributed by atoms with Crippen LogP contribution in [0.15, 0.2) is 11.4 Å². The van der Waals surface area contributed by atoms with Crippen molar-refractivity contribution >= 4 is 33.2 Å². The van der Waals surface area contributed by atoms with E-state index in [1.54, 1.807) is 7.05 Å². The van der Waals surface area contributed by atoms with Crippen LogP contribution in [0, 0.1) is 17.3 Å². The SMILES string of the molecule is Cn1cnc(S(=O)(=O)NCC23C[C@H]4C[C@@H](CC(Cl)(C4)C2)C3)c1Cl. The number of hydrogen-bond donors (Lipinski definition) is 1. The maximum absolute atomic E-state index is 12.5. The number of aryl methyl sites for hydroxylation is 1. The van der Waals surface area contributed by atoms with E-state index in [0.29, 0.717) is 18.4 Å². The molecule has 1 aromatic heterocycles. The number of alkyl halides is 1. The Morgan fingerprint density at radius 1 is 1.35 bits per heavy atom. The molecule has 1 heterocycles. The van der Waals surface area contributed by atoms with Crippen LogP contribution >= 0.6 is 23.2 Å². The molecule has 4 fully saturated rings. The van der Waals surface area contributed by atoms with E-state index in [4.69, 9.17) is 23.2 Å². The van der Waals surface area contributed by atoms with Crippen LogP contribution in [0.3, 0.4) is 0 Å². The Kier molecular flexibility index (Phi) is 3.59. The molecule has 1 N–H and O–H groups in total. The summed E-state index contributed by atoms with van der Waals surface area (Å²) in [5, 5.41) is 0.0452. The number of sulfonamides is 1. The average molecular weight is 378 g/mol. The van der Waals surface area contributed by atoms with Gasteiger partial charge in [-0.2, -0.15) is 0 Å². The van der Waals surface area contributed by atoms with E-state index in [-0.39, 0.29) is 20.5 Å². The maximum atomic E-state index is 12.5. The molecule has 8 heteroatoms.